The average molecular weight is 284 g/mol. The minimum absolute atomic E-state index is 0.0592. The Kier molecular flexibility index (Phi) is 4.91. The molecule has 5 heteroatoms. The Labute approximate surface area is 121 Å². The summed E-state index contributed by atoms with van der Waals surface area (Å²) >= 11 is 0. The molecular weight excluding hydrogens is 256 g/mol. The van der Waals surface area contributed by atoms with Crippen molar-refractivity contribution in [2.75, 3.05) is 13.2 Å². The molecule has 1 saturated carbocycles. The Hall–Kier alpha value is -0.810. The molecule has 0 radical (unpaired) electrons. The van der Waals surface area contributed by atoms with Gasteiger partial charge >= 0.3 is 6.09 Å². The largest absolute Gasteiger partial charge is 0.444 e. The number of carbonyl (C=O) groups excluding carboxylic acids is 1. The SMILES string of the molecule is CC(C)(C)OC(=O)N(C[C@@H]1CCCO1)[C@@H]1CCC[C@@H]1N. The topological polar surface area (TPSA) is 64.8 Å². The van der Waals surface area contributed by atoms with Gasteiger partial charge in [-0.25, -0.2) is 4.79 Å². The van der Waals surface area contributed by atoms with Gasteiger partial charge in [0.2, 0.25) is 0 Å². The van der Waals surface area contributed by atoms with E-state index in [2.05, 4.69) is 0 Å². The molecule has 116 valence electrons. The van der Waals surface area contributed by atoms with Crippen LogP contribution in [0.25, 0.3) is 0 Å². The van der Waals surface area contributed by atoms with Gasteiger partial charge in [-0.15, -0.1) is 0 Å². The zero-order valence-corrected chi connectivity index (χ0v) is 12.9. The van der Waals surface area contributed by atoms with Crippen LogP contribution in [0.3, 0.4) is 0 Å². The van der Waals surface area contributed by atoms with Gasteiger partial charge in [-0.2, -0.15) is 0 Å². The van der Waals surface area contributed by atoms with Crippen molar-refractivity contribution in [3.8, 4) is 0 Å². The number of rotatable bonds is 3. The van der Waals surface area contributed by atoms with E-state index in [4.69, 9.17) is 15.2 Å². The van der Waals surface area contributed by atoms with Crippen LogP contribution in [0.5, 0.6) is 0 Å². The summed E-state index contributed by atoms with van der Waals surface area (Å²) < 4.78 is 11.2. The molecule has 0 bridgehead atoms. The maximum absolute atomic E-state index is 12.5. The average Bonchev–Trinajstić information content (AvgIpc) is 2.94. The fourth-order valence-corrected chi connectivity index (χ4v) is 3.03. The Bertz CT molecular complexity index is 335. The summed E-state index contributed by atoms with van der Waals surface area (Å²) in [6.07, 6.45) is 5.00. The summed E-state index contributed by atoms with van der Waals surface area (Å²) in [4.78, 5) is 14.3. The summed E-state index contributed by atoms with van der Waals surface area (Å²) in [7, 11) is 0. The predicted octanol–water partition coefficient (Wildman–Crippen LogP) is 2.28. The smallest absolute Gasteiger partial charge is 0.410 e. The van der Waals surface area contributed by atoms with Crippen molar-refractivity contribution in [2.45, 2.75) is 76.7 Å². The van der Waals surface area contributed by atoms with Gasteiger partial charge in [-0.05, 0) is 52.9 Å². The third-order valence-electron chi connectivity index (χ3n) is 3.98. The highest BCUT2D eigenvalue weighted by Crippen LogP contribution is 2.26. The van der Waals surface area contributed by atoms with Gasteiger partial charge in [-0.3, -0.25) is 0 Å². The van der Waals surface area contributed by atoms with Crippen LogP contribution in [0.4, 0.5) is 4.79 Å². The zero-order chi connectivity index (χ0) is 14.8. The molecule has 2 rings (SSSR count). The molecule has 1 amide bonds. The van der Waals surface area contributed by atoms with Crippen LogP contribution in [-0.2, 0) is 9.47 Å². The van der Waals surface area contributed by atoms with E-state index >= 15 is 0 Å². The molecule has 20 heavy (non-hydrogen) atoms. The molecule has 2 N–H and O–H groups in total. The van der Waals surface area contributed by atoms with Gasteiger partial charge in [0.25, 0.3) is 0 Å². The maximum Gasteiger partial charge on any atom is 0.410 e. The third kappa shape index (κ3) is 4.09. The van der Waals surface area contributed by atoms with E-state index in [1.807, 2.05) is 25.7 Å². The molecule has 0 spiro atoms. The molecule has 2 fully saturated rings. The van der Waals surface area contributed by atoms with Crippen LogP contribution in [-0.4, -0.2) is 47.9 Å². The van der Waals surface area contributed by atoms with Crippen molar-refractivity contribution in [3.05, 3.63) is 0 Å². The highest BCUT2D eigenvalue weighted by molar-refractivity contribution is 5.68. The van der Waals surface area contributed by atoms with Crippen LogP contribution < -0.4 is 5.73 Å². The van der Waals surface area contributed by atoms with E-state index in [9.17, 15) is 4.79 Å². The third-order valence-corrected chi connectivity index (χ3v) is 3.98. The molecule has 2 aliphatic rings. The summed E-state index contributed by atoms with van der Waals surface area (Å²) in [6, 6.07) is 0.151. The number of amides is 1. The molecule has 0 aromatic rings. The summed E-state index contributed by atoms with van der Waals surface area (Å²) in [5.74, 6) is 0. The Morgan fingerprint density at radius 1 is 1.30 bits per heavy atom. The molecule has 1 heterocycles. The van der Waals surface area contributed by atoms with Crippen molar-refractivity contribution in [3.63, 3.8) is 0 Å². The quantitative estimate of drug-likeness (QED) is 0.863. The van der Waals surface area contributed by atoms with Crippen LogP contribution in [0.1, 0.15) is 52.9 Å². The number of nitrogens with zero attached hydrogens (tertiary/aromatic N) is 1. The molecule has 1 saturated heterocycles. The fraction of sp³-hybridized carbons (Fsp3) is 0.933. The molecule has 0 unspecified atom stereocenters. The van der Waals surface area contributed by atoms with Gasteiger partial charge in [0.1, 0.15) is 5.60 Å². The highest BCUT2D eigenvalue weighted by atomic mass is 16.6. The first kappa shape index (κ1) is 15.6. The van der Waals surface area contributed by atoms with Gasteiger partial charge in [-0.1, -0.05) is 0 Å². The Morgan fingerprint density at radius 3 is 2.55 bits per heavy atom. The summed E-state index contributed by atoms with van der Waals surface area (Å²) in [5, 5.41) is 0. The second-order valence-electron chi connectivity index (χ2n) is 6.93. The van der Waals surface area contributed by atoms with Crippen molar-refractivity contribution in [1.82, 2.24) is 4.90 Å². The molecular formula is C15H28N2O3. The number of ether oxygens (including phenoxy) is 2. The Balaban J connectivity index is 2.04. The summed E-state index contributed by atoms with van der Waals surface area (Å²) in [6.45, 7) is 7.08. The summed E-state index contributed by atoms with van der Waals surface area (Å²) in [5.41, 5.74) is 5.69. The first-order chi connectivity index (χ1) is 9.37. The monoisotopic (exact) mass is 284 g/mol. The van der Waals surface area contributed by atoms with Crippen LogP contribution in [0.15, 0.2) is 0 Å². The van der Waals surface area contributed by atoms with E-state index in [-0.39, 0.29) is 24.3 Å². The normalized spacial score (nSPS) is 30.5. The Morgan fingerprint density at radius 2 is 2.05 bits per heavy atom. The first-order valence-corrected chi connectivity index (χ1v) is 7.73. The lowest BCUT2D eigenvalue weighted by Gasteiger charge is -2.34. The zero-order valence-electron chi connectivity index (χ0n) is 12.9. The van der Waals surface area contributed by atoms with E-state index < -0.39 is 5.60 Å². The highest BCUT2D eigenvalue weighted by Gasteiger charge is 2.36. The first-order valence-electron chi connectivity index (χ1n) is 7.73. The lowest BCUT2D eigenvalue weighted by atomic mass is 10.1. The molecule has 1 aliphatic heterocycles. The lowest BCUT2D eigenvalue weighted by Crippen LogP contribution is -2.51. The van der Waals surface area contributed by atoms with E-state index in [0.717, 1.165) is 38.7 Å². The van der Waals surface area contributed by atoms with Crippen LogP contribution >= 0.6 is 0 Å². The minimum Gasteiger partial charge on any atom is -0.444 e. The number of hydrogen-bond acceptors (Lipinski definition) is 4. The maximum atomic E-state index is 12.5. The number of hydrogen-bond donors (Lipinski definition) is 1. The van der Waals surface area contributed by atoms with Crippen molar-refractivity contribution >= 4 is 6.09 Å². The van der Waals surface area contributed by atoms with Gasteiger partial charge in [0.15, 0.2) is 0 Å². The second kappa shape index (κ2) is 6.31. The second-order valence-corrected chi connectivity index (χ2v) is 6.93. The van der Waals surface area contributed by atoms with E-state index in [0.29, 0.717) is 6.54 Å². The van der Waals surface area contributed by atoms with E-state index in [1.165, 1.54) is 0 Å². The van der Waals surface area contributed by atoms with Crippen LogP contribution in [0.2, 0.25) is 0 Å². The minimum atomic E-state index is -0.478. The van der Waals surface area contributed by atoms with Crippen LogP contribution in [0, 0.1) is 0 Å². The van der Waals surface area contributed by atoms with Crippen molar-refractivity contribution in [1.29, 1.82) is 0 Å². The molecule has 1 aliphatic carbocycles. The number of carbonyl (C=O) groups is 1. The molecule has 0 aromatic heterocycles. The number of nitrogens with two attached hydrogens (primary N) is 1. The van der Waals surface area contributed by atoms with Crippen molar-refractivity contribution in [2.24, 2.45) is 5.73 Å². The predicted molar refractivity (Wildman–Crippen MR) is 77.5 cm³/mol. The van der Waals surface area contributed by atoms with Gasteiger partial charge in [0, 0.05) is 12.6 Å². The van der Waals surface area contributed by atoms with Gasteiger partial charge in [0.05, 0.1) is 18.7 Å². The molecule has 0 aromatic carbocycles. The molecule has 3 atom stereocenters. The van der Waals surface area contributed by atoms with Gasteiger partial charge < -0.3 is 20.1 Å². The lowest BCUT2D eigenvalue weighted by molar-refractivity contribution is -0.00123. The van der Waals surface area contributed by atoms with Crippen molar-refractivity contribution < 1.29 is 14.3 Å². The van der Waals surface area contributed by atoms with E-state index in [1.54, 1.807) is 0 Å². The fourth-order valence-electron chi connectivity index (χ4n) is 3.03. The standard InChI is InChI=1S/C15H28N2O3/c1-15(2,3)20-14(18)17(10-11-6-5-9-19-11)13-8-4-7-12(13)16/h11-13H,4-10,16H2,1-3H3/t11-,12-,13+/m0/s1. The molecule has 5 nitrogen and oxygen atoms in total.